The van der Waals surface area contributed by atoms with Crippen molar-refractivity contribution in [2.45, 2.75) is 24.9 Å². The minimum atomic E-state index is -3.08. The molecule has 0 aromatic heterocycles. The summed E-state index contributed by atoms with van der Waals surface area (Å²) in [5.41, 5.74) is 0.942. The molecular formula is C17H22N2O3S. The van der Waals surface area contributed by atoms with Gasteiger partial charge in [0.25, 0.3) is 0 Å². The van der Waals surface area contributed by atoms with Gasteiger partial charge in [0.1, 0.15) is 0 Å². The first kappa shape index (κ1) is 16.2. The second kappa shape index (κ2) is 6.84. The Morgan fingerprint density at radius 2 is 1.83 bits per heavy atom. The predicted octanol–water partition coefficient (Wildman–Crippen LogP) is 1.08. The number of nitrogens with one attached hydrogen (secondary N) is 1. The average Bonchev–Trinajstić information content (AvgIpc) is 3.14. The van der Waals surface area contributed by atoms with E-state index in [-0.39, 0.29) is 29.5 Å². The summed E-state index contributed by atoms with van der Waals surface area (Å²) in [5, 5.41) is 2.89. The van der Waals surface area contributed by atoms with Crippen LogP contribution in [0.25, 0.3) is 6.08 Å². The molecule has 2 saturated heterocycles. The van der Waals surface area contributed by atoms with Crippen LogP contribution in [-0.4, -0.2) is 55.9 Å². The van der Waals surface area contributed by atoms with Crippen LogP contribution >= 0.6 is 0 Å². The lowest BCUT2D eigenvalue weighted by molar-refractivity contribution is -0.117. The fourth-order valence-electron chi connectivity index (χ4n) is 3.37. The van der Waals surface area contributed by atoms with Gasteiger partial charge in [0, 0.05) is 12.1 Å². The van der Waals surface area contributed by atoms with Crippen molar-refractivity contribution in [1.82, 2.24) is 10.2 Å². The van der Waals surface area contributed by atoms with Crippen LogP contribution in [0.4, 0.5) is 0 Å². The molecule has 2 atom stereocenters. The van der Waals surface area contributed by atoms with E-state index in [1.165, 1.54) is 6.08 Å². The second-order valence-electron chi connectivity index (χ2n) is 6.25. The number of nitrogens with zero attached hydrogens (tertiary/aromatic N) is 1. The maximum atomic E-state index is 12.1. The molecule has 0 aliphatic carbocycles. The number of likely N-dealkylation sites (tertiary alicyclic amines) is 1. The van der Waals surface area contributed by atoms with Gasteiger partial charge in [-0.25, -0.2) is 8.42 Å². The molecule has 0 spiro atoms. The Morgan fingerprint density at radius 3 is 2.52 bits per heavy atom. The van der Waals surface area contributed by atoms with Gasteiger partial charge in [-0.3, -0.25) is 9.69 Å². The van der Waals surface area contributed by atoms with Crippen molar-refractivity contribution in [3.63, 3.8) is 0 Å². The van der Waals surface area contributed by atoms with Crippen LogP contribution in [0.1, 0.15) is 18.4 Å². The van der Waals surface area contributed by atoms with Crippen molar-refractivity contribution in [1.29, 1.82) is 0 Å². The Bertz CT molecular complexity index is 679. The number of rotatable bonds is 4. The van der Waals surface area contributed by atoms with Crippen molar-refractivity contribution >= 4 is 21.8 Å². The highest BCUT2D eigenvalue weighted by Gasteiger charge is 2.42. The maximum absolute atomic E-state index is 12.1. The lowest BCUT2D eigenvalue weighted by Gasteiger charge is -2.28. The number of sulfone groups is 1. The van der Waals surface area contributed by atoms with Gasteiger partial charge in [-0.05, 0) is 37.6 Å². The number of amides is 1. The van der Waals surface area contributed by atoms with Crippen molar-refractivity contribution < 1.29 is 13.2 Å². The van der Waals surface area contributed by atoms with Gasteiger partial charge in [0.05, 0.1) is 17.5 Å². The van der Waals surface area contributed by atoms with Gasteiger partial charge in [0.15, 0.2) is 9.84 Å². The van der Waals surface area contributed by atoms with Gasteiger partial charge >= 0.3 is 0 Å². The predicted molar refractivity (Wildman–Crippen MR) is 90.7 cm³/mol. The van der Waals surface area contributed by atoms with Crippen molar-refractivity contribution in [3.8, 4) is 0 Å². The van der Waals surface area contributed by atoms with Crippen molar-refractivity contribution in [2.24, 2.45) is 0 Å². The van der Waals surface area contributed by atoms with Gasteiger partial charge in [-0.2, -0.15) is 0 Å². The molecule has 1 N–H and O–H groups in total. The monoisotopic (exact) mass is 334 g/mol. The molecule has 2 aliphatic heterocycles. The van der Waals surface area contributed by atoms with E-state index in [2.05, 4.69) is 10.2 Å². The van der Waals surface area contributed by atoms with Gasteiger partial charge in [-0.15, -0.1) is 0 Å². The van der Waals surface area contributed by atoms with E-state index in [4.69, 9.17) is 0 Å². The molecule has 2 heterocycles. The Balaban J connectivity index is 1.65. The zero-order valence-electron chi connectivity index (χ0n) is 13.0. The zero-order valence-corrected chi connectivity index (χ0v) is 13.8. The van der Waals surface area contributed by atoms with Crippen LogP contribution in [0.2, 0.25) is 0 Å². The molecule has 6 heteroatoms. The molecule has 2 aliphatic rings. The molecule has 0 unspecified atom stereocenters. The molecule has 1 amide bonds. The Labute approximate surface area is 137 Å². The van der Waals surface area contributed by atoms with E-state index < -0.39 is 9.84 Å². The normalized spacial score (nSPS) is 27.5. The SMILES string of the molecule is O=C(/C=C\c1ccccc1)N[C@@H]1CS(=O)(=O)C[C@H]1N1CCCC1. The van der Waals surface area contributed by atoms with Crippen LogP contribution < -0.4 is 5.32 Å². The van der Waals surface area contributed by atoms with E-state index in [1.54, 1.807) is 6.08 Å². The molecule has 23 heavy (non-hydrogen) atoms. The van der Waals surface area contributed by atoms with E-state index in [0.29, 0.717) is 0 Å². The largest absolute Gasteiger partial charge is 0.347 e. The minimum absolute atomic E-state index is 0.0408. The highest BCUT2D eigenvalue weighted by molar-refractivity contribution is 7.91. The molecule has 5 nitrogen and oxygen atoms in total. The van der Waals surface area contributed by atoms with Crippen molar-refractivity contribution in [3.05, 3.63) is 42.0 Å². The smallest absolute Gasteiger partial charge is 0.244 e. The minimum Gasteiger partial charge on any atom is -0.347 e. The Morgan fingerprint density at radius 1 is 1.13 bits per heavy atom. The fourth-order valence-corrected chi connectivity index (χ4v) is 5.32. The van der Waals surface area contributed by atoms with E-state index in [9.17, 15) is 13.2 Å². The third-order valence-electron chi connectivity index (χ3n) is 4.49. The highest BCUT2D eigenvalue weighted by atomic mass is 32.2. The zero-order chi connectivity index (χ0) is 16.3. The summed E-state index contributed by atoms with van der Waals surface area (Å²) in [4.78, 5) is 14.3. The number of hydrogen-bond acceptors (Lipinski definition) is 4. The average molecular weight is 334 g/mol. The van der Waals surface area contributed by atoms with Crippen LogP contribution in [0.15, 0.2) is 36.4 Å². The topological polar surface area (TPSA) is 66.5 Å². The molecule has 3 rings (SSSR count). The standard InChI is InChI=1S/C17H22N2O3S/c20-17(9-8-14-6-2-1-3-7-14)18-15-12-23(21,22)13-16(15)19-10-4-5-11-19/h1-3,6-9,15-16H,4-5,10-13H2,(H,18,20)/b9-8-/t15-,16-/m1/s1. The Hall–Kier alpha value is -1.66. The molecular weight excluding hydrogens is 312 g/mol. The van der Waals surface area contributed by atoms with Crippen molar-refractivity contribution in [2.75, 3.05) is 24.6 Å². The molecule has 1 aromatic rings. The number of hydrogen-bond donors (Lipinski definition) is 1. The molecule has 0 radical (unpaired) electrons. The summed E-state index contributed by atoms with van der Waals surface area (Å²) < 4.78 is 23.9. The fraction of sp³-hybridized carbons (Fsp3) is 0.471. The second-order valence-corrected chi connectivity index (χ2v) is 8.40. The van der Waals surface area contributed by atoms with E-state index >= 15 is 0 Å². The summed E-state index contributed by atoms with van der Waals surface area (Å²) in [7, 11) is -3.08. The van der Waals surface area contributed by atoms with Crippen LogP contribution in [-0.2, 0) is 14.6 Å². The van der Waals surface area contributed by atoms with Gasteiger partial charge in [0.2, 0.25) is 5.91 Å². The first-order valence-electron chi connectivity index (χ1n) is 8.02. The van der Waals surface area contributed by atoms with E-state index in [0.717, 1.165) is 31.5 Å². The first-order valence-corrected chi connectivity index (χ1v) is 9.84. The lowest BCUT2D eigenvalue weighted by atomic mass is 10.1. The summed E-state index contributed by atoms with van der Waals surface area (Å²) in [6.07, 6.45) is 5.42. The number of carbonyl (C=O) groups excluding carboxylic acids is 1. The van der Waals surface area contributed by atoms with Crippen LogP contribution in [0.3, 0.4) is 0 Å². The third-order valence-corrected chi connectivity index (χ3v) is 6.20. The molecule has 0 saturated carbocycles. The summed E-state index contributed by atoms with van der Waals surface area (Å²) in [6.45, 7) is 1.85. The number of carbonyl (C=O) groups is 1. The molecule has 0 bridgehead atoms. The van der Waals surface area contributed by atoms with Crippen LogP contribution in [0, 0.1) is 0 Å². The summed E-state index contributed by atoms with van der Waals surface area (Å²) in [5.74, 6) is -0.0421. The Kier molecular flexibility index (Phi) is 4.82. The third kappa shape index (κ3) is 4.20. The molecule has 124 valence electrons. The first-order chi connectivity index (χ1) is 11.0. The van der Waals surface area contributed by atoms with Gasteiger partial charge < -0.3 is 5.32 Å². The number of benzene rings is 1. The highest BCUT2D eigenvalue weighted by Crippen LogP contribution is 2.22. The maximum Gasteiger partial charge on any atom is 0.244 e. The summed E-state index contributed by atoms with van der Waals surface area (Å²) >= 11 is 0. The van der Waals surface area contributed by atoms with Crippen LogP contribution in [0.5, 0.6) is 0 Å². The molecule has 2 fully saturated rings. The quantitative estimate of drug-likeness (QED) is 0.837. The summed E-state index contributed by atoms with van der Waals surface area (Å²) in [6, 6.07) is 9.16. The van der Waals surface area contributed by atoms with Gasteiger partial charge in [-0.1, -0.05) is 30.3 Å². The van der Waals surface area contributed by atoms with E-state index in [1.807, 2.05) is 30.3 Å². The lowest BCUT2D eigenvalue weighted by Crippen LogP contribution is -2.49. The molecule has 1 aromatic carbocycles.